The van der Waals surface area contributed by atoms with Crippen molar-refractivity contribution in [3.63, 3.8) is 0 Å². The number of carbonyl (C=O) groups is 2. The van der Waals surface area contributed by atoms with E-state index < -0.39 is 29.8 Å². The van der Waals surface area contributed by atoms with Crippen LogP contribution in [0.2, 0.25) is 0 Å². The van der Waals surface area contributed by atoms with E-state index in [0.29, 0.717) is 34.5 Å². The summed E-state index contributed by atoms with van der Waals surface area (Å²) in [7, 11) is 0. The highest BCUT2D eigenvalue weighted by atomic mass is 19.4. The van der Waals surface area contributed by atoms with Gasteiger partial charge in [0.25, 0.3) is 5.91 Å². The second-order valence-corrected chi connectivity index (χ2v) is 8.50. The lowest BCUT2D eigenvalue weighted by Gasteiger charge is -2.21. The monoisotopic (exact) mass is 504 g/mol. The smallest absolute Gasteiger partial charge is 0.436 e. The molecule has 3 rings (SSSR count). The maximum Gasteiger partial charge on any atom is 0.436 e. The number of aryl methyl sites for hydroxylation is 2. The van der Waals surface area contributed by atoms with Gasteiger partial charge in [-0.15, -0.1) is 5.10 Å². The lowest BCUT2D eigenvalue weighted by Crippen LogP contribution is -2.38. The van der Waals surface area contributed by atoms with Crippen molar-refractivity contribution in [3.05, 3.63) is 70.5 Å². The van der Waals surface area contributed by atoms with Gasteiger partial charge in [0, 0.05) is 5.56 Å². The Morgan fingerprint density at radius 2 is 1.75 bits per heavy atom. The molecule has 0 aliphatic carbocycles. The number of halogens is 3. The van der Waals surface area contributed by atoms with Gasteiger partial charge in [0.05, 0.1) is 11.9 Å². The van der Waals surface area contributed by atoms with Crippen LogP contribution in [-0.2, 0) is 11.0 Å². The van der Waals surface area contributed by atoms with Crippen LogP contribution >= 0.6 is 0 Å². The summed E-state index contributed by atoms with van der Waals surface area (Å²) in [4.78, 5) is 23.2. The fourth-order valence-electron chi connectivity index (χ4n) is 3.76. The van der Waals surface area contributed by atoms with Crippen molar-refractivity contribution in [1.29, 1.82) is 0 Å². The van der Waals surface area contributed by atoms with Crippen molar-refractivity contribution in [2.45, 2.75) is 58.9 Å². The highest BCUT2D eigenvalue weighted by Crippen LogP contribution is 2.32. The zero-order chi connectivity index (χ0) is 26.6. The summed E-state index contributed by atoms with van der Waals surface area (Å²) in [5, 5.41) is 18.2. The predicted molar refractivity (Wildman–Crippen MR) is 125 cm³/mol. The number of carboxylic acids is 1. The second kappa shape index (κ2) is 10.8. The zero-order valence-corrected chi connectivity index (χ0v) is 20.3. The van der Waals surface area contributed by atoms with Crippen LogP contribution in [0.4, 0.5) is 13.2 Å². The van der Waals surface area contributed by atoms with Gasteiger partial charge in [-0.1, -0.05) is 30.7 Å². The minimum absolute atomic E-state index is 0.323. The Hall–Kier alpha value is -3.89. The standard InChI is InChI=1S/C25H27F3N4O4/c1-5-6-20(17-7-9-18(10-8-17)23(33)29-16(4)24(34)35)36-19-11-14(2)22(15(3)12-19)32-13-21(30-31-32)25(26,27)28/h7-13,16,20H,5-6H2,1-4H3,(H,29,33)(H,34,35). The molecule has 36 heavy (non-hydrogen) atoms. The third kappa shape index (κ3) is 6.21. The topological polar surface area (TPSA) is 106 Å². The van der Waals surface area contributed by atoms with Crippen LogP contribution in [-0.4, -0.2) is 38.0 Å². The summed E-state index contributed by atoms with van der Waals surface area (Å²) >= 11 is 0. The van der Waals surface area contributed by atoms with Gasteiger partial charge in [-0.25, -0.2) is 4.68 Å². The summed E-state index contributed by atoms with van der Waals surface area (Å²) in [5.41, 5.74) is 1.90. The summed E-state index contributed by atoms with van der Waals surface area (Å²) in [5.74, 6) is -1.08. The Bertz CT molecular complexity index is 1220. The number of amides is 1. The number of ether oxygens (including phenoxy) is 1. The molecule has 1 heterocycles. The molecule has 2 aromatic carbocycles. The van der Waals surface area contributed by atoms with Gasteiger partial charge in [0.1, 0.15) is 17.9 Å². The molecule has 2 N–H and O–H groups in total. The fourth-order valence-corrected chi connectivity index (χ4v) is 3.76. The number of alkyl halides is 3. The molecular weight excluding hydrogens is 477 g/mol. The summed E-state index contributed by atoms with van der Waals surface area (Å²) in [6, 6.07) is 9.16. The molecule has 192 valence electrons. The molecule has 2 unspecified atom stereocenters. The van der Waals surface area contributed by atoms with E-state index in [2.05, 4.69) is 15.6 Å². The lowest BCUT2D eigenvalue weighted by atomic mass is 10.0. The van der Waals surface area contributed by atoms with E-state index >= 15 is 0 Å². The molecule has 0 aliphatic rings. The number of hydrogen-bond acceptors (Lipinski definition) is 5. The molecule has 11 heteroatoms. The van der Waals surface area contributed by atoms with Crippen molar-refractivity contribution in [2.75, 3.05) is 0 Å². The average Bonchev–Trinajstić information content (AvgIpc) is 3.28. The number of aliphatic carboxylic acids is 1. The largest absolute Gasteiger partial charge is 0.486 e. The van der Waals surface area contributed by atoms with E-state index in [4.69, 9.17) is 9.84 Å². The first-order valence-electron chi connectivity index (χ1n) is 11.3. The number of carboxylic acid groups (broad SMARTS) is 1. The van der Waals surface area contributed by atoms with Crippen LogP contribution < -0.4 is 10.1 Å². The molecule has 2 atom stereocenters. The van der Waals surface area contributed by atoms with Gasteiger partial charge < -0.3 is 15.2 Å². The Labute approximate surface area is 206 Å². The molecule has 1 amide bonds. The predicted octanol–water partition coefficient (Wildman–Crippen LogP) is 5.03. The minimum atomic E-state index is -4.58. The van der Waals surface area contributed by atoms with Crippen LogP contribution in [0.1, 0.15) is 65.5 Å². The fraction of sp³-hybridized carbons (Fsp3) is 0.360. The van der Waals surface area contributed by atoms with Crippen molar-refractivity contribution in [3.8, 4) is 11.4 Å². The lowest BCUT2D eigenvalue weighted by molar-refractivity contribution is -0.141. The molecule has 0 saturated carbocycles. The maximum atomic E-state index is 12.9. The van der Waals surface area contributed by atoms with Crippen LogP contribution in [0.3, 0.4) is 0 Å². The highest BCUT2D eigenvalue weighted by Gasteiger charge is 2.34. The Morgan fingerprint density at radius 1 is 1.14 bits per heavy atom. The van der Waals surface area contributed by atoms with E-state index in [1.165, 1.54) is 6.92 Å². The third-order valence-corrected chi connectivity index (χ3v) is 5.57. The van der Waals surface area contributed by atoms with Crippen molar-refractivity contribution >= 4 is 11.9 Å². The van der Waals surface area contributed by atoms with Crippen molar-refractivity contribution in [1.82, 2.24) is 20.3 Å². The SMILES string of the molecule is CCCC(Oc1cc(C)c(-n2cc(C(F)(F)F)nn2)c(C)c1)c1ccc(C(=O)NC(C)C(=O)O)cc1. The number of aromatic nitrogens is 3. The molecule has 0 aliphatic heterocycles. The molecule has 0 saturated heterocycles. The summed E-state index contributed by atoms with van der Waals surface area (Å²) < 4.78 is 46.2. The first kappa shape index (κ1) is 26.7. The van der Waals surface area contributed by atoms with E-state index in [1.807, 2.05) is 6.92 Å². The number of nitrogens with one attached hydrogen (secondary N) is 1. The second-order valence-electron chi connectivity index (χ2n) is 8.50. The number of hydrogen-bond donors (Lipinski definition) is 2. The first-order valence-corrected chi connectivity index (χ1v) is 11.3. The molecular formula is C25H27F3N4O4. The van der Waals surface area contributed by atoms with Gasteiger partial charge in [-0.3, -0.25) is 9.59 Å². The third-order valence-electron chi connectivity index (χ3n) is 5.57. The minimum Gasteiger partial charge on any atom is -0.486 e. The van der Waals surface area contributed by atoms with Gasteiger partial charge in [-0.05, 0) is 68.1 Å². The molecule has 0 spiro atoms. The summed E-state index contributed by atoms with van der Waals surface area (Å²) in [6.45, 7) is 6.90. The number of benzene rings is 2. The van der Waals surface area contributed by atoms with E-state index in [1.54, 1.807) is 50.2 Å². The number of rotatable bonds is 9. The maximum absolute atomic E-state index is 12.9. The van der Waals surface area contributed by atoms with Crippen LogP contribution in [0.5, 0.6) is 5.75 Å². The normalized spacial score (nSPS) is 13.2. The van der Waals surface area contributed by atoms with Gasteiger partial charge in [-0.2, -0.15) is 13.2 Å². The Balaban J connectivity index is 1.81. The molecule has 8 nitrogen and oxygen atoms in total. The van der Waals surface area contributed by atoms with Crippen LogP contribution in [0.15, 0.2) is 42.6 Å². The van der Waals surface area contributed by atoms with E-state index in [9.17, 15) is 22.8 Å². The molecule has 0 bridgehead atoms. The van der Waals surface area contributed by atoms with Crippen LogP contribution in [0.25, 0.3) is 5.69 Å². The number of carbonyl (C=O) groups excluding carboxylic acids is 1. The molecule has 1 aromatic heterocycles. The van der Waals surface area contributed by atoms with Gasteiger partial charge in [0.15, 0.2) is 5.69 Å². The number of nitrogens with zero attached hydrogens (tertiary/aromatic N) is 3. The van der Waals surface area contributed by atoms with E-state index in [-0.39, 0.29) is 6.10 Å². The molecule has 0 radical (unpaired) electrons. The average molecular weight is 505 g/mol. The van der Waals surface area contributed by atoms with Crippen molar-refractivity contribution < 1.29 is 32.6 Å². The first-order chi connectivity index (χ1) is 16.9. The quantitative estimate of drug-likeness (QED) is 0.424. The molecule has 0 fully saturated rings. The van der Waals surface area contributed by atoms with E-state index in [0.717, 1.165) is 22.9 Å². The van der Waals surface area contributed by atoms with Crippen LogP contribution in [0, 0.1) is 13.8 Å². The summed E-state index contributed by atoms with van der Waals surface area (Å²) in [6.07, 6.45) is -2.57. The van der Waals surface area contributed by atoms with Gasteiger partial charge >= 0.3 is 12.1 Å². The molecule has 3 aromatic rings. The Morgan fingerprint density at radius 3 is 2.25 bits per heavy atom. The highest BCUT2D eigenvalue weighted by molar-refractivity contribution is 5.96. The zero-order valence-electron chi connectivity index (χ0n) is 20.3. The van der Waals surface area contributed by atoms with Gasteiger partial charge in [0.2, 0.25) is 0 Å². The van der Waals surface area contributed by atoms with Crippen molar-refractivity contribution in [2.24, 2.45) is 0 Å². The Kier molecular flexibility index (Phi) is 8.01.